The molecule has 1 aromatic rings. The first-order valence-electron chi connectivity index (χ1n) is 7.92. The van der Waals surface area contributed by atoms with Crippen molar-refractivity contribution in [3.05, 3.63) is 18.0 Å². The molecule has 3 heterocycles. The number of amides is 1. The number of rotatable bonds is 3. The zero-order valence-corrected chi connectivity index (χ0v) is 13.1. The minimum absolute atomic E-state index is 0.190. The molecule has 0 N–H and O–H groups in total. The van der Waals surface area contributed by atoms with Crippen LogP contribution >= 0.6 is 0 Å². The Balaban J connectivity index is 1.65. The van der Waals surface area contributed by atoms with Crippen molar-refractivity contribution >= 4 is 5.91 Å². The van der Waals surface area contributed by atoms with Gasteiger partial charge in [0.25, 0.3) is 0 Å². The van der Waals surface area contributed by atoms with Crippen LogP contribution in [-0.2, 0) is 11.8 Å². The van der Waals surface area contributed by atoms with Crippen LogP contribution in [0.25, 0.3) is 0 Å². The molecule has 23 heavy (non-hydrogen) atoms. The Bertz CT molecular complexity index is 571. The number of aryl methyl sites for hydroxylation is 1. The van der Waals surface area contributed by atoms with E-state index in [1.807, 2.05) is 17.8 Å². The van der Waals surface area contributed by atoms with Crippen LogP contribution in [0.3, 0.4) is 0 Å². The fourth-order valence-corrected chi connectivity index (χ4v) is 3.75. The van der Waals surface area contributed by atoms with Gasteiger partial charge in [-0.2, -0.15) is 18.3 Å². The van der Waals surface area contributed by atoms with Crippen LogP contribution in [0, 0.1) is 0 Å². The summed E-state index contributed by atoms with van der Waals surface area (Å²) in [6.07, 6.45) is -0.140. The quantitative estimate of drug-likeness (QED) is 0.848. The van der Waals surface area contributed by atoms with Gasteiger partial charge in [-0.05, 0) is 31.9 Å². The third-order valence-corrected chi connectivity index (χ3v) is 4.81. The largest absolute Gasteiger partial charge is 0.406 e. The second kappa shape index (κ2) is 6.14. The Morgan fingerprint density at radius 2 is 2.09 bits per heavy atom. The molecule has 2 aliphatic rings. The van der Waals surface area contributed by atoms with Gasteiger partial charge in [-0.3, -0.25) is 14.4 Å². The van der Waals surface area contributed by atoms with E-state index in [0.29, 0.717) is 13.0 Å². The van der Waals surface area contributed by atoms with Crippen molar-refractivity contribution < 1.29 is 18.0 Å². The number of carbonyl (C=O) groups is 1. The molecule has 0 unspecified atom stereocenters. The van der Waals surface area contributed by atoms with Crippen molar-refractivity contribution in [1.82, 2.24) is 19.6 Å². The van der Waals surface area contributed by atoms with Gasteiger partial charge in [-0.1, -0.05) is 0 Å². The Kier molecular flexibility index (Phi) is 4.35. The van der Waals surface area contributed by atoms with Crippen LogP contribution in [0.5, 0.6) is 0 Å². The standard InChI is InChI=1S/C15H21F3N4O/c1-20-12(4-6-19-20)11-3-2-7-21(9-11)13-5-8-22(14(13)23)10-15(16,17)18/h4,6,11,13H,2-3,5,7-10H2,1H3/t11-,13+/m1/s1. The van der Waals surface area contributed by atoms with Gasteiger partial charge < -0.3 is 4.90 Å². The molecular formula is C15H21F3N4O. The smallest absolute Gasteiger partial charge is 0.332 e. The molecule has 2 aliphatic heterocycles. The summed E-state index contributed by atoms with van der Waals surface area (Å²) in [5, 5.41) is 4.18. The van der Waals surface area contributed by atoms with E-state index in [0.717, 1.165) is 30.0 Å². The van der Waals surface area contributed by atoms with Crippen LogP contribution in [-0.4, -0.2) is 63.9 Å². The Labute approximate surface area is 133 Å². The number of nitrogens with zero attached hydrogens (tertiary/aromatic N) is 4. The molecule has 2 saturated heterocycles. The number of carbonyl (C=O) groups excluding carboxylic acids is 1. The highest BCUT2D eigenvalue weighted by molar-refractivity contribution is 5.84. The van der Waals surface area contributed by atoms with Gasteiger partial charge in [-0.25, -0.2) is 0 Å². The summed E-state index contributed by atoms with van der Waals surface area (Å²) >= 11 is 0. The van der Waals surface area contributed by atoms with Crippen LogP contribution < -0.4 is 0 Å². The predicted molar refractivity (Wildman–Crippen MR) is 77.8 cm³/mol. The number of halogens is 3. The first kappa shape index (κ1) is 16.3. The average molecular weight is 330 g/mol. The van der Waals surface area contributed by atoms with Gasteiger partial charge in [0.1, 0.15) is 6.54 Å². The van der Waals surface area contributed by atoms with Crippen molar-refractivity contribution in [2.75, 3.05) is 26.2 Å². The molecule has 0 aromatic carbocycles. The molecule has 128 valence electrons. The Morgan fingerprint density at radius 3 is 2.74 bits per heavy atom. The number of likely N-dealkylation sites (tertiary alicyclic amines) is 2. The van der Waals surface area contributed by atoms with Gasteiger partial charge in [-0.15, -0.1) is 0 Å². The molecule has 5 nitrogen and oxygen atoms in total. The summed E-state index contributed by atoms with van der Waals surface area (Å²) in [7, 11) is 1.89. The van der Waals surface area contributed by atoms with Crippen molar-refractivity contribution in [2.45, 2.75) is 37.4 Å². The molecule has 2 fully saturated rings. The van der Waals surface area contributed by atoms with Gasteiger partial charge in [0.05, 0.1) is 6.04 Å². The average Bonchev–Trinajstić information content (AvgIpc) is 3.05. The van der Waals surface area contributed by atoms with E-state index < -0.39 is 18.8 Å². The van der Waals surface area contributed by atoms with Gasteiger partial charge in [0.2, 0.25) is 5.91 Å². The molecule has 8 heteroatoms. The molecule has 3 rings (SSSR count). The summed E-state index contributed by atoms with van der Waals surface area (Å²) in [6.45, 7) is 0.525. The number of piperidine rings is 1. The second-order valence-electron chi connectivity index (χ2n) is 6.39. The van der Waals surface area contributed by atoms with E-state index in [2.05, 4.69) is 10.00 Å². The van der Waals surface area contributed by atoms with Gasteiger partial charge in [0, 0.05) is 37.9 Å². The maximum atomic E-state index is 12.5. The van der Waals surface area contributed by atoms with E-state index >= 15 is 0 Å². The highest BCUT2D eigenvalue weighted by Gasteiger charge is 2.42. The zero-order chi connectivity index (χ0) is 16.6. The summed E-state index contributed by atoms with van der Waals surface area (Å²) in [5.74, 6) is -0.103. The molecule has 0 spiro atoms. The molecule has 1 amide bonds. The number of hydrogen-bond donors (Lipinski definition) is 0. The lowest BCUT2D eigenvalue weighted by molar-refractivity contribution is -0.159. The van der Waals surface area contributed by atoms with Crippen molar-refractivity contribution in [1.29, 1.82) is 0 Å². The fraction of sp³-hybridized carbons (Fsp3) is 0.733. The predicted octanol–water partition coefficient (Wildman–Crippen LogP) is 1.76. The highest BCUT2D eigenvalue weighted by Crippen LogP contribution is 2.30. The first-order valence-corrected chi connectivity index (χ1v) is 7.92. The van der Waals surface area contributed by atoms with E-state index in [4.69, 9.17) is 0 Å². The zero-order valence-electron chi connectivity index (χ0n) is 13.1. The molecule has 0 aliphatic carbocycles. The molecule has 0 saturated carbocycles. The van der Waals surface area contributed by atoms with Crippen LogP contribution in [0.2, 0.25) is 0 Å². The van der Waals surface area contributed by atoms with Crippen LogP contribution in [0.1, 0.15) is 30.9 Å². The number of aromatic nitrogens is 2. The number of alkyl halides is 3. The highest BCUT2D eigenvalue weighted by atomic mass is 19.4. The maximum Gasteiger partial charge on any atom is 0.406 e. The third kappa shape index (κ3) is 3.52. The Morgan fingerprint density at radius 1 is 1.30 bits per heavy atom. The molecule has 0 radical (unpaired) electrons. The summed E-state index contributed by atoms with van der Waals surface area (Å²) in [5.41, 5.74) is 1.12. The van der Waals surface area contributed by atoms with E-state index in [1.165, 1.54) is 0 Å². The van der Waals surface area contributed by atoms with Gasteiger partial charge >= 0.3 is 6.18 Å². The van der Waals surface area contributed by atoms with Crippen molar-refractivity contribution in [3.63, 3.8) is 0 Å². The normalized spacial score (nSPS) is 27.0. The maximum absolute atomic E-state index is 12.5. The van der Waals surface area contributed by atoms with Crippen molar-refractivity contribution in [2.24, 2.45) is 7.05 Å². The summed E-state index contributed by atoms with van der Waals surface area (Å²) in [4.78, 5) is 15.3. The SMILES string of the molecule is Cn1nccc1[C@@H]1CCCN([C@H]2CCN(CC(F)(F)F)C2=O)C1. The summed E-state index contributed by atoms with van der Waals surface area (Å²) in [6, 6.07) is 1.56. The Hall–Kier alpha value is -1.57. The lowest BCUT2D eigenvalue weighted by atomic mass is 9.93. The summed E-state index contributed by atoms with van der Waals surface area (Å²) < 4.78 is 39.4. The molecule has 2 atom stereocenters. The van der Waals surface area contributed by atoms with Crippen LogP contribution in [0.15, 0.2) is 12.3 Å². The van der Waals surface area contributed by atoms with E-state index in [-0.39, 0.29) is 18.4 Å². The van der Waals surface area contributed by atoms with E-state index in [1.54, 1.807) is 6.20 Å². The lowest BCUT2D eigenvalue weighted by Crippen LogP contribution is -2.47. The molecular weight excluding hydrogens is 309 g/mol. The molecule has 0 bridgehead atoms. The fourth-order valence-electron chi connectivity index (χ4n) is 3.75. The number of hydrogen-bond acceptors (Lipinski definition) is 3. The van der Waals surface area contributed by atoms with Crippen LogP contribution in [0.4, 0.5) is 13.2 Å². The molecule has 1 aromatic heterocycles. The second-order valence-corrected chi connectivity index (χ2v) is 6.39. The monoisotopic (exact) mass is 330 g/mol. The van der Waals surface area contributed by atoms with E-state index in [9.17, 15) is 18.0 Å². The third-order valence-electron chi connectivity index (χ3n) is 4.81. The minimum Gasteiger partial charge on any atom is -0.332 e. The van der Waals surface area contributed by atoms with Gasteiger partial charge in [0.15, 0.2) is 0 Å². The topological polar surface area (TPSA) is 41.4 Å². The van der Waals surface area contributed by atoms with Crippen molar-refractivity contribution in [3.8, 4) is 0 Å². The first-order chi connectivity index (χ1) is 10.8. The minimum atomic E-state index is -4.33. The lowest BCUT2D eigenvalue weighted by Gasteiger charge is -2.36.